The quantitative estimate of drug-likeness (QED) is 0.859. The number of aromatic carboxylic acids is 1. The van der Waals surface area contributed by atoms with Gasteiger partial charge in [-0.2, -0.15) is 0 Å². The van der Waals surface area contributed by atoms with Crippen LogP contribution < -0.4 is 5.32 Å². The molecule has 0 aliphatic carbocycles. The monoisotopic (exact) mass is 266 g/mol. The molecule has 0 bridgehead atoms. The van der Waals surface area contributed by atoms with Gasteiger partial charge in [-0.3, -0.25) is 0 Å². The van der Waals surface area contributed by atoms with E-state index >= 15 is 0 Å². The number of hydrogen-bond acceptors (Lipinski definition) is 3. The maximum absolute atomic E-state index is 13.1. The molecular weight excluding hydrogens is 247 g/mol. The minimum Gasteiger partial charge on any atom is -0.478 e. The molecule has 0 amide bonds. The van der Waals surface area contributed by atoms with E-state index in [0.717, 1.165) is 25.7 Å². The van der Waals surface area contributed by atoms with Crippen molar-refractivity contribution in [2.24, 2.45) is 0 Å². The fraction of sp³-hybridized carbons (Fsp3) is 0.500. The number of carboxylic acids is 1. The van der Waals surface area contributed by atoms with Gasteiger partial charge in [-0.15, -0.1) is 0 Å². The molecule has 0 aromatic heterocycles. The highest BCUT2D eigenvalue weighted by atomic mass is 19.1. The SMILES string of the molecule is CC(CN1CCCC1)Nc1ccc(F)cc1C(=O)O. The molecule has 1 unspecified atom stereocenters. The van der Waals surface area contributed by atoms with Crippen molar-refractivity contribution >= 4 is 11.7 Å². The standard InChI is InChI=1S/C14H19FN2O2/c1-10(9-17-6-2-3-7-17)16-13-5-4-11(15)8-12(13)14(18)19/h4-5,8,10,16H,2-3,6-7,9H2,1H3,(H,18,19). The van der Waals surface area contributed by atoms with Gasteiger partial charge in [-0.25, -0.2) is 9.18 Å². The highest BCUT2D eigenvalue weighted by molar-refractivity contribution is 5.94. The molecule has 0 radical (unpaired) electrons. The largest absolute Gasteiger partial charge is 0.478 e. The van der Waals surface area contributed by atoms with E-state index in [2.05, 4.69) is 10.2 Å². The Bertz CT molecular complexity index is 459. The Morgan fingerprint density at radius 1 is 1.47 bits per heavy atom. The van der Waals surface area contributed by atoms with Gasteiger partial charge in [0.2, 0.25) is 0 Å². The summed E-state index contributed by atoms with van der Waals surface area (Å²) in [6.45, 7) is 5.08. The first-order chi connectivity index (χ1) is 9.06. The molecule has 2 N–H and O–H groups in total. The van der Waals surface area contributed by atoms with Crippen LogP contribution in [0.25, 0.3) is 0 Å². The van der Waals surface area contributed by atoms with Crippen LogP contribution in [-0.2, 0) is 0 Å². The highest BCUT2D eigenvalue weighted by Gasteiger charge is 2.17. The lowest BCUT2D eigenvalue weighted by atomic mass is 10.1. The molecule has 1 aliphatic rings. The van der Waals surface area contributed by atoms with E-state index in [1.165, 1.54) is 25.0 Å². The Hall–Kier alpha value is -1.62. The Balaban J connectivity index is 2.03. The van der Waals surface area contributed by atoms with Crippen molar-refractivity contribution in [1.82, 2.24) is 4.90 Å². The number of carboxylic acid groups (broad SMARTS) is 1. The first-order valence-electron chi connectivity index (χ1n) is 6.58. The van der Waals surface area contributed by atoms with E-state index < -0.39 is 11.8 Å². The number of likely N-dealkylation sites (tertiary alicyclic amines) is 1. The van der Waals surface area contributed by atoms with Crippen LogP contribution in [0.3, 0.4) is 0 Å². The predicted molar refractivity (Wildman–Crippen MR) is 72.1 cm³/mol. The van der Waals surface area contributed by atoms with Crippen LogP contribution in [-0.4, -0.2) is 41.7 Å². The number of nitrogens with zero attached hydrogens (tertiary/aromatic N) is 1. The fourth-order valence-corrected chi connectivity index (χ4v) is 2.48. The van der Waals surface area contributed by atoms with Crippen molar-refractivity contribution in [2.45, 2.75) is 25.8 Å². The van der Waals surface area contributed by atoms with Gasteiger partial charge in [0.1, 0.15) is 5.82 Å². The normalized spacial score (nSPS) is 17.4. The van der Waals surface area contributed by atoms with E-state index in [9.17, 15) is 9.18 Å². The summed E-state index contributed by atoms with van der Waals surface area (Å²) in [4.78, 5) is 13.4. The Morgan fingerprint density at radius 2 is 2.16 bits per heavy atom. The first-order valence-corrected chi connectivity index (χ1v) is 6.58. The molecule has 2 rings (SSSR count). The summed E-state index contributed by atoms with van der Waals surface area (Å²) in [5.41, 5.74) is 0.453. The van der Waals surface area contributed by atoms with Gasteiger partial charge in [0, 0.05) is 18.3 Å². The van der Waals surface area contributed by atoms with Crippen molar-refractivity contribution in [2.75, 3.05) is 25.0 Å². The molecule has 1 aromatic rings. The molecule has 1 saturated heterocycles. The number of anilines is 1. The number of rotatable bonds is 5. The molecule has 19 heavy (non-hydrogen) atoms. The van der Waals surface area contributed by atoms with Crippen molar-refractivity contribution in [3.05, 3.63) is 29.6 Å². The summed E-state index contributed by atoms with van der Waals surface area (Å²) in [6, 6.07) is 3.94. The average Bonchev–Trinajstić information content (AvgIpc) is 2.83. The molecule has 104 valence electrons. The van der Waals surface area contributed by atoms with Crippen LogP contribution in [0, 0.1) is 5.82 Å². The molecule has 1 atom stereocenters. The van der Waals surface area contributed by atoms with Crippen molar-refractivity contribution < 1.29 is 14.3 Å². The van der Waals surface area contributed by atoms with Gasteiger partial charge < -0.3 is 15.3 Å². The van der Waals surface area contributed by atoms with E-state index in [1.54, 1.807) is 0 Å². The predicted octanol–water partition coefficient (Wildman–Crippen LogP) is 2.42. The van der Waals surface area contributed by atoms with Crippen molar-refractivity contribution in [1.29, 1.82) is 0 Å². The van der Waals surface area contributed by atoms with Crippen LogP contribution in [0.2, 0.25) is 0 Å². The minimum absolute atomic E-state index is 0.0201. The average molecular weight is 266 g/mol. The second-order valence-electron chi connectivity index (χ2n) is 5.05. The number of carbonyl (C=O) groups is 1. The zero-order valence-corrected chi connectivity index (χ0v) is 11.0. The van der Waals surface area contributed by atoms with E-state index in [-0.39, 0.29) is 11.6 Å². The lowest BCUT2D eigenvalue weighted by molar-refractivity contribution is 0.0697. The van der Waals surface area contributed by atoms with E-state index in [0.29, 0.717) is 5.69 Å². The Kier molecular flexibility index (Phi) is 4.37. The molecule has 1 aromatic carbocycles. The Morgan fingerprint density at radius 3 is 2.79 bits per heavy atom. The molecule has 1 heterocycles. The van der Waals surface area contributed by atoms with Crippen molar-refractivity contribution in [3.8, 4) is 0 Å². The van der Waals surface area contributed by atoms with Crippen LogP contribution in [0.4, 0.5) is 10.1 Å². The van der Waals surface area contributed by atoms with Gasteiger partial charge >= 0.3 is 5.97 Å². The molecule has 0 saturated carbocycles. The number of halogens is 1. The van der Waals surface area contributed by atoms with Crippen LogP contribution in [0.5, 0.6) is 0 Å². The van der Waals surface area contributed by atoms with Crippen LogP contribution in [0.1, 0.15) is 30.1 Å². The number of nitrogens with one attached hydrogen (secondary N) is 1. The second-order valence-corrected chi connectivity index (χ2v) is 5.05. The van der Waals surface area contributed by atoms with Gasteiger partial charge in [0.25, 0.3) is 0 Å². The van der Waals surface area contributed by atoms with Gasteiger partial charge in [0.15, 0.2) is 0 Å². The maximum Gasteiger partial charge on any atom is 0.337 e. The summed E-state index contributed by atoms with van der Waals surface area (Å²) in [5, 5.41) is 12.2. The topological polar surface area (TPSA) is 52.6 Å². The molecule has 0 spiro atoms. The third-order valence-corrected chi connectivity index (χ3v) is 3.34. The van der Waals surface area contributed by atoms with E-state index in [1.807, 2.05) is 6.92 Å². The summed E-state index contributed by atoms with van der Waals surface area (Å²) < 4.78 is 13.1. The fourth-order valence-electron chi connectivity index (χ4n) is 2.48. The number of hydrogen-bond donors (Lipinski definition) is 2. The zero-order valence-electron chi connectivity index (χ0n) is 11.0. The lowest BCUT2D eigenvalue weighted by Gasteiger charge is -2.22. The summed E-state index contributed by atoms with van der Waals surface area (Å²) in [5.74, 6) is -1.65. The minimum atomic E-state index is -1.12. The van der Waals surface area contributed by atoms with Gasteiger partial charge in [-0.1, -0.05) is 0 Å². The zero-order chi connectivity index (χ0) is 13.8. The molecule has 1 aliphatic heterocycles. The molecule has 5 heteroatoms. The third kappa shape index (κ3) is 3.67. The number of benzene rings is 1. The highest BCUT2D eigenvalue weighted by Crippen LogP contribution is 2.19. The maximum atomic E-state index is 13.1. The smallest absolute Gasteiger partial charge is 0.337 e. The summed E-state index contributed by atoms with van der Waals surface area (Å²) >= 11 is 0. The Labute approximate surface area is 112 Å². The summed E-state index contributed by atoms with van der Waals surface area (Å²) in [7, 11) is 0. The second kappa shape index (κ2) is 6.02. The van der Waals surface area contributed by atoms with Crippen LogP contribution >= 0.6 is 0 Å². The van der Waals surface area contributed by atoms with E-state index in [4.69, 9.17) is 5.11 Å². The first kappa shape index (κ1) is 13.8. The molecule has 1 fully saturated rings. The van der Waals surface area contributed by atoms with Crippen molar-refractivity contribution in [3.63, 3.8) is 0 Å². The van der Waals surface area contributed by atoms with Gasteiger partial charge in [-0.05, 0) is 51.1 Å². The lowest BCUT2D eigenvalue weighted by Crippen LogP contribution is -2.33. The summed E-state index contributed by atoms with van der Waals surface area (Å²) in [6.07, 6.45) is 2.45. The van der Waals surface area contributed by atoms with Crippen LogP contribution in [0.15, 0.2) is 18.2 Å². The third-order valence-electron chi connectivity index (χ3n) is 3.34. The molecule has 4 nitrogen and oxygen atoms in total. The molecular formula is C14H19FN2O2. The van der Waals surface area contributed by atoms with Gasteiger partial charge in [0.05, 0.1) is 5.56 Å².